The van der Waals surface area contributed by atoms with E-state index in [1.807, 2.05) is 6.92 Å². The van der Waals surface area contributed by atoms with Gasteiger partial charge in [0.1, 0.15) is 0 Å². The van der Waals surface area contributed by atoms with Crippen LogP contribution in [0.5, 0.6) is 11.5 Å². The molecule has 0 heterocycles. The van der Waals surface area contributed by atoms with Gasteiger partial charge in [0.15, 0.2) is 11.5 Å². The highest BCUT2D eigenvalue weighted by Crippen LogP contribution is 2.36. The normalized spacial score (nSPS) is 10.4. The monoisotopic (exact) mass is 401 g/mol. The molecule has 2 aromatic rings. The van der Waals surface area contributed by atoms with Gasteiger partial charge in [-0.15, -0.1) is 0 Å². The fourth-order valence-electron chi connectivity index (χ4n) is 2.28. The van der Waals surface area contributed by atoms with Crippen molar-refractivity contribution in [2.24, 2.45) is 0 Å². The fourth-order valence-corrected chi connectivity index (χ4v) is 3.10. The molecule has 25 heavy (non-hydrogen) atoms. The van der Waals surface area contributed by atoms with E-state index in [0.717, 1.165) is 5.56 Å². The number of amides is 1. The maximum atomic E-state index is 12.2. The van der Waals surface area contributed by atoms with Gasteiger partial charge in [-0.25, -0.2) is 0 Å². The third-order valence-corrected chi connectivity index (χ3v) is 4.46. The minimum absolute atomic E-state index is 0.0976. The van der Waals surface area contributed by atoms with Gasteiger partial charge in [0, 0.05) is 16.6 Å². The third kappa shape index (κ3) is 5.18. The minimum atomic E-state index is -0.195. The summed E-state index contributed by atoms with van der Waals surface area (Å²) in [5.74, 6) is 0.816. The summed E-state index contributed by atoms with van der Waals surface area (Å²) in [6, 6.07) is 8.65. The number of ether oxygens (including phenoxy) is 2. The molecule has 0 fully saturated rings. The van der Waals surface area contributed by atoms with Crippen molar-refractivity contribution in [3.63, 3.8) is 0 Å². The van der Waals surface area contributed by atoms with E-state index in [1.54, 1.807) is 30.3 Å². The molecule has 0 bridgehead atoms. The molecule has 2 rings (SSSR count). The molecule has 4 nitrogen and oxygen atoms in total. The molecule has 0 aliphatic carbocycles. The second-order valence-corrected chi connectivity index (χ2v) is 6.42. The molecule has 1 N–H and O–H groups in total. The van der Waals surface area contributed by atoms with Crippen LogP contribution in [0.15, 0.2) is 30.3 Å². The fraction of sp³-hybridized carbons (Fsp3) is 0.278. The van der Waals surface area contributed by atoms with Crippen LogP contribution in [0.25, 0.3) is 0 Å². The summed E-state index contributed by atoms with van der Waals surface area (Å²) < 4.78 is 10.8. The van der Waals surface area contributed by atoms with E-state index in [1.165, 1.54) is 7.11 Å². The molecule has 2 aromatic carbocycles. The van der Waals surface area contributed by atoms with Crippen molar-refractivity contribution in [2.45, 2.75) is 19.9 Å². The smallest absolute Gasteiger partial charge is 0.224 e. The molecule has 0 unspecified atom stereocenters. The molecule has 0 radical (unpaired) electrons. The lowest BCUT2D eigenvalue weighted by Crippen LogP contribution is -2.24. The summed E-state index contributed by atoms with van der Waals surface area (Å²) in [5, 5.41) is 4.18. The van der Waals surface area contributed by atoms with E-state index in [2.05, 4.69) is 5.32 Å². The van der Waals surface area contributed by atoms with Crippen molar-refractivity contribution in [3.05, 3.63) is 56.5 Å². The van der Waals surface area contributed by atoms with E-state index in [0.29, 0.717) is 45.3 Å². The molecular formula is C18H18Cl3NO3. The third-order valence-electron chi connectivity index (χ3n) is 3.47. The Kier molecular flexibility index (Phi) is 7.24. The Morgan fingerprint density at radius 2 is 1.80 bits per heavy atom. The second-order valence-electron chi connectivity index (χ2n) is 5.20. The van der Waals surface area contributed by atoms with Gasteiger partial charge in [-0.2, -0.15) is 0 Å². The van der Waals surface area contributed by atoms with Crippen LogP contribution in [0.4, 0.5) is 0 Å². The van der Waals surface area contributed by atoms with E-state index >= 15 is 0 Å². The predicted octanol–water partition coefficient (Wildman–Crippen LogP) is 4.91. The predicted molar refractivity (Wildman–Crippen MR) is 101 cm³/mol. The van der Waals surface area contributed by atoms with Crippen LogP contribution in [-0.2, 0) is 17.8 Å². The average molecular weight is 403 g/mol. The number of hydrogen-bond donors (Lipinski definition) is 1. The van der Waals surface area contributed by atoms with Crippen LogP contribution >= 0.6 is 34.8 Å². The number of carbonyl (C=O) groups excluding carboxylic acids is 1. The van der Waals surface area contributed by atoms with E-state index < -0.39 is 0 Å². The van der Waals surface area contributed by atoms with Crippen molar-refractivity contribution in [1.82, 2.24) is 5.32 Å². The summed E-state index contributed by atoms with van der Waals surface area (Å²) in [7, 11) is 1.54. The first-order chi connectivity index (χ1) is 12.0. The first-order valence-electron chi connectivity index (χ1n) is 7.65. The van der Waals surface area contributed by atoms with E-state index in [4.69, 9.17) is 44.3 Å². The highest BCUT2D eigenvalue weighted by molar-refractivity contribution is 6.36. The summed E-state index contributed by atoms with van der Waals surface area (Å²) in [6.45, 7) is 2.64. The van der Waals surface area contributed by atoms with Gasteiger partial charge < -0.3 is 14.8 Å². The molecule has 1 amide bonds. The van der Waals surface area contributed by atoms with Crippen LogP contribution in [0.3, 0.4) is 0 Å². The van der Waals surface area contributed by atoms with Gasteiger partial charge in [-0.1, -0.05) is 40.9 Å². The summed E-state index contributed by atoms with van der Waals surface area (Å²) in [6.07, 6.45) is 0.0976. The van der Waals surface area contributed by atoms with Crippen LogP contribution in [0.2, 0.25) is 15.1 Å². The van der Waals surface area contributed by atoms with Crippen LogP contribution in [-0.4, -0.2) is 19.6 Å². The molecular weight excluding hydrogens is 385 g/mol. The zero-order chi connectivity index (χ0) is 18.4. The van der Waals surface area contributed by atoms with Crippen LogP contribution in [0.1, 0.15) is 18.1 Å². The zero-order valence-corrected chi connectivity index (χ0v) is 16.1. The van der Waals surface area contributed by atoms with E-state index in [-0.39, 0.29) is 12.3 Å². The maximum absolute atomic E-state index is 12.2. The van der Waals surface area contributed by atoms with E-state index in [9.17, 15) is 4.79 Å². The van der Waals surface area contributed by atoms with Gasteiger partial charge in [0.2, 0.25) is 5.91 Å². The molecule has 0 aliphatic rings. The summed E-state index contributed by atoms with van der Waals surface area (Å²) >= 11 is 18.4. The Labute approximate surface area is 162 Å². The van der Waals surface area contributed by atoms with Crippen molar-refractivity contribution in [2.75, 3.05) is 13.7 Å². The van der Waals surface area contributed by atoms with Crippen LogP contribution in [0, 0.1) is 0 Å². The highest BCUT2D eigenvalue weighted by Gasteiger charge is 2.14. The Bertz CT molecular complexity index is 745. The number of nitrogens with one attached hydrogen (secondary N) is 1. The number of rotatable bonds is 7. The topological polar surface area (TPSA) is 47.6 Å². The largest absolute Gasteiger partial charge is 0.493 e. The van der Waals surface area contributed by atoms with Crippen molar-refractivity contribution >= 4 is 40.7 Å². The highest BCUT2D eigenvalue weighted by atomic mass is 35.5. The number of benzene rings is 2. The van der Waals surface area contributed by atoms with Gasteiger partial charge in [-0.3, -0.25) is 4.79 Å². The Morgan fingerprint density at radius 3 is 2.40 bits per heavy atom. The van der Waals surface area contributed by atoms with Crippen molar-refractivity contribution in [3.8, 4) is 11.5 Å². The van der Waals surface area contributed by atoms with Gasteiger partial charge in [0.25, 0.3) is 0 Å². The lowest BCUT2D eigenvalue weighted by molar-refractivity contribution is -0.120. The molecule has 0 spiro atoms. The Morgan fingerprint density at radius 1 is 1.12 bits per heavy atom. The number of carbonyl (C=O) groups is 1. The lowest BCUT2D eigenvalue weighted by atomic mass is 10.1. The zero-order valence-electron chi connectivity index (χ0n) is 13.9. The quantitative estimate of drug-likeness (QED) is 0.715. The van der Waals surface area contributed by atoms with Crippen molar-refractivity contribution < 1.29 is 14.3 Å². The van der Waals surface area contributed by atoms with Gasteiger partial charge >= 0.3 is 0 Å². The standard InChI is InChI=1S/C18H18Cl3NO3/c1-3-25-18-15(21)7-11(8-16(18)24-2)10-22-17(23)9-12-13(19)5-4-6-14(12)20/h4-8H,3,9-10H2,1-2H3,(H,22,23). The molecule has 134 valence electrons. The number of hydrogen-bond acceptors (Lipinski definition) is 3. The number of methoxy groups -OCH3 is 1. The second kappa shape index (κ2) is 9.18. The van der Waals surface area contributed by atoms with Gasteiger partial charge in [-0.05, 0) is 42.3 Å². The lowest BCUT2D eigenvalue weighted by Gasteiger charge is -2.14. The summed E-state index contributed by atoms with van der Waals surface area (Å²) in [4.78, 5) is 12.2. The first-order valence-corrected chi connectivity index (χ1v) is 8.78. The van der Waals surface area contributed by atoms with Crippen molar-refractivity contribution in [1.29, 1.82) is 0 Å². The summed E-state index contributed by atoms with van der Waals surface area (Å²) in [5.41, 5.74) is 1.40. The molecule has 0 aromatic heterocycles. The molecule has 0 aliphatic heterocycles. The molecule has 0 atom stereocenters. The molecule has 0 saturated heterocycles. The number of halogens is 3. The van der Waals surface area contributed by atoms with Crippen LogP contribution < -0.4 is 14.8 Å². The molecule has 7 heteroatoms. The maximum Gasteiger partial charge on any atom is 0.224 e. The SMILES string of the molecule is CCOc1c(Cl)cc(CNC(=O)Cc2c(Cl)cccc2Cl)cc1OC. The molecule has 0 saturated carbocycles. The average Bonchev–Trinajstić information content (AvgIpc) is 2.58. The van der Waals surface area contributed by atoms with Gasteiger partial charge in [0.05, 0.1) is 25.2 Å². The Hall–Kier alpha value is -1.62. The minimum Gasteiger partial charge on any atom is -0.493 e. The first kappa shape index (κ1) is 19.7. The Balaban J connectivity index is 2.06.